The zero-order valence-electron chi connectivity index (χ0n) is 15.5. The van der Waals surface area contributed by atoms with Crippen molar-refractivity contribution in [2.45, 2.75) is 57.3 Å². The molecule has 1 unspecified atom stereocenters. The standard InChI is InChI=1S/C21H26O5/c1-3-25-19(23)21(20(24)26-4-2)13-15(11-12-18(22)14-9-10-14)16-7-5-6-8-17(16)21/h5-8,14-15H,3-4,9-13H2,1-2H3. The van der Waals surface area contributed by atoms with Gasteiger partial charge in [0.15, 0.2) is 5.41 Å². The SMILES string of the molecule is CCOC(=O)C1(C(=O)OCC)CC(CCC(=O)C2CC2)c2ccccc21. The van der Waals surface area contributed by atoms with Crippen LogP contribution in [0.1, 0.15) is 63.0 Å². The van der Waals surface area contributed by atoms with E-state index in [1.165, 1.54) is 0 Å². The van der Waals surface area contributed by atoms with Crippen LogP contribution >= 0.6 is 0 Å². The lowest BCUT2D eigenvalue weighted by Gasteiger charge is -2.26. The molecule has 0 aliphatic heterocycles. The summed E-state index contributed by atoms with van der Waals surface area (Å²) in [5, 5.41) is 0. The van der Waals surface area contributed by atoms with Crippen LogP contribution in [0.3, 0.4) is 0 Å². The van der Waals surface area contributed by atoms with Gasteiger partial charge < -0.3 is 9.47 Å². The molecule has 3 rings (SSSR count). The third-order valence-electron chi connectivity index (χ3n) is 5.43. The first-order valence-corrected chi connectivity index (χ1v) is 9.51. The molecule has 0 radical (unpaired) electrons. The zero-order valence-corrected chi connectivity index (χ0v) is 15.5. The fraction of sp³-hybridized carbons (Fsp3) is 0.571. The number of carbonyl (C=O) groups excluding carboxylic acids is 3. The van der Waals surface area contributed by atoms with E-state index in [0.29, 0.717) is 30.6 Å². The highest BCUT2D eigenvalue weighted by atomic mass is 16.6. The van der Waals surface area contributed by atoms with Gasteiger partial charge in [0.1, 0.15) is 5.78 Å². The smallest absolute Gasteiger partial charge is 0.328 e. The lowest BCUT2D eigenvalue weighted by molar-refractivity contribution is -0.165. The van der Waals surface area contributed by atoms with E-state index >= 15 is 0 Å². The van der Waals surface area contributed by atoms with Gasteiger partial charge in [0.25, 0.3) is 0 Å². The van der Waals surface area contributed by atoms with Gasteiger partial charge in [-0.1, -0.05) is 24.3 Å². The number of fused-ring (bicyclic) bond motifs is 1. The van der Waals surface area contributed by atoms with Gasteiger partial charge in [0.05, 0.1) is 13.2 Å². The van der Waals surface area contributed by atoms with Crippen molar-refractivity contribution in [3.8, 4) is 0 Å². The minimum atomic E-state index is -1.42. The van der Waals surface area contributed by atoms with E-state index in [1.807, 2.05) is 24.3 Å². The first-order chi connectivity index (χ1) is 12.5. The van der Waals surface area contributed by atoms with Crippen LogP contribution in [0, 0.1) is 5.92 Å². The van der Waals surface area contributed by atoms with Crippen molar-refractivity contribution in [1.29, 1.82) is 0 Å². The van der Waals surface area contributed by atoms with Crippen molar-refractivity contribution in [1.82, 2.24) is 0 Å². The number of esters is 2. The maximum atomic E-state index is 12.9. The second-order valence-corrected chi connectivity index (χ2v) is 7.11. The number of Topliss-reactive ketones (excluding diaryl/α,β-unsaturated/α-hetero) is 1. The van der Waals surface area contributed by atoms with Gasteiger partial charge in [-0.15, -0.1) is 0 Å². The summed E-state index contributed by atoms with van der Waals surface area (Å²) in [6.45, 7) is 3.85. The first-order valence-electron chi connectivity index (χ1n) is 9.51. The largest absolute Gasteiger partial charge is 0.465 e. The molecule has 0 spiro atoms. The van der Waals surface area contributed by atoms with E-state index in [-0.39, 0.29) is 25.0 Å². The Morgan fingerprint density at radius 1 is 1.04 bits per heavy atom. The van der Waals surface area contributed by atoms with Crippen LogP contribution in [0.5, 0.6) is 0 Å². The van der Waals surface area contributed by atoms with Crippen molar-refractivity contribution in [3.05, 3.63) is 35.4 Å². The number of carbonyl (C=O) groups is 3. The molecule has 26 heavy (non-hydrogen) atoms. The molecule has 1 aromatic rings. The summed E-state index contributed by atoms with van der Waals surface area (Å²) >= 11 is 0. The molecule has 1 aromatic carbocycles. The number of benzene rings is 1. The monoisotopic (exact) mass is 358 g/mol. The number of ether oxygens (including phenoxy) is 2. The molecule has 1 atom stereocenters. The number of rotatable bonds is 8. The van der Waals surface area contributed by atoms with Gasteiger partial charge in [-0.2, -0.15) is 0 Å². The van der Waals surface area contributed by atoms with Gasteiger partial charge in [0, 0.05) is 12.3 Å². The van der Waals surface area contributed by atoms with E-state index in [0.717, 1.165) is 18.4 Å². The van der Waals surface area contributed by atoms with Gasteiger partial charge in [-0.3, -0.25) is 14.4 Å². The molecule has 0 aromatic heterocycles. The van der Waals surface area contributed by atoms with E-state index < -0.39 is 17.4 Å². The van der Waals surface area contributed by atoms with E-state index in [2.05, 4.69) is 0 Å². The number of hydrogen-bond donors (Lipinski definition) is 0. The maximum Gasteiger partial charge on any atom is 0.328 e. The fourth-order valence-electron chi connectivity index (χ4n) is 3.99. The second kappa shape index (κ2) is 7.60. The lowest BCUT2D eigenvalue weighted by atomic mass is 9.80. The third kappa shape index (κ3) is 3.27. The Bertz CT molecular complexity index is 686. The molecule has 2 aliphatic carbocycles. The molecular formula is C21H26O5. The Morgan fingerprint density at radius 2 is 1.65 bits per heavy atom. The summed E-state index contributed by atoms with van der Waals surface area (Å²) in [7, 11) is 0. The summed E-state index contributed by atoms with van der Waals surface area (Å²) in [6.07, 6.45) is 3.44. The minimum absolute atomic E-state index is 0.0253. The van der Waals surface area contributed by atoms with Crippen LogP contribution in [-0.4, -0.2) is 30.9 Å². The Kier molecular flexibility index (Phi) is 5.44. The Balaban J connectivity index is 1.92. The molecule has 2 aliphatic rings. The van der Waals surface area contributed by atoms with Crippen LogP contribution < -0.4 is 0 Å². The van der Waals surface area contributed by atoms with E-state index in [4.69, 9.17) is 9.47 Å². The van der Waals surface area contributed by atoms with Crippen LogP contribution in [0.25, 0.3) is 0 Å². The van der Waals surface area contributed by atoms with Gasteiger partial charge >= 0.3 is 11.9 Å². The van der Waals surface area contributed by atoms with Crippen molar-refractivity contribution in [2.24, 2.45) is 5.92 Å². The fourth-order valence-corrected chi connectivity index (χ4v) is 3.99. The molecule has 0 N–H and O–H groups in total. The summed E-state index contributed by atoms with van der Waals surface area (Å²) in [5.74, 6) is -0.606. The van der Waals surface area contributed by atoms with Crippen molar-refractivity contribution in [3.63, 3.8) is 0 Å². The molecule has 5 nitrogen and oxygen atoms in total. The molecule has 1 saturated carbocycles. The number of hydrogen-bond acceptors (Lipinski definition) is 5. The highest BCUT2D eigenvalue weighted by Crippen LogP contribution is 2.50. The van der Waals surface area contributed by atoms with Crippen molar-refractivity contribution < 1.29 is 23.9 Å². The Morgan fingerprint density at radius 3 is 2.23 bits per heavy atom. The summed E-state index contributed by atoms with van der Waals surface area (Å²) in [6, 6.07) is 7.48. The van der Waals surface area contributed by atoms with Crippen molar-refractivity contribution >= 4 is 17.7 Å². The quantitative estimate of drug-likeness (QED) is 0.527. The molecule has 0 saturated heterocycles. The highest BCUT2D eigenvalue weighted by molar-refractivity contribution is 6.07. The van der Waals surface area contributed by atoms with Crippen molar-refractivity contribution in [2.75, 3.05) is 13.2 Å². The van der Waals surface area contributed by atoms with E-state index in [9.17, 15) is 14.4 Å². The second-order valence-electron chi connectivity index (χ2n) is 7.11. The topological polar surface area (TPSA) is 69.7 Å². The molecule has 140 valence electrons. The molecular weight excluding hydrogens is 332 g/mol. The summed E-state index contributed by atoms with van der Waals surface area (Å²) in [4.78, 5) is 37.8. The van der Waals surface area contributed by atoms with Crippen LogP contribution in [0.4, 0.5) is 0 Å². The van der Waals surface area contributed by atoms with Gasteiger partial charge in [-0.25, -0.2) is 0 Å². The lowest BCUT2D eigenvalue weighted by Crippen LogP contribution is -2.44. The highest BCUT2D eigenvalue weighted by Gasteiger charge is 2.57. The maximum absolute atomic E-state index is 12.9. The normalized spacial score (nSPS) is 20.3. The predicted molar refractivity (Wildman–Crippen MR) is 95.7 cm³/mol. The molecule has 0 amide bonds. The van der Waals surface area contributed by atoms with Gasteiger partial charge in [-0.05, 0) is 56.6 Å². The summed E-state index contributed by atoms with van der Waals surface area (Å²) in [5.41, 5.74) is 0.202. The van der Waals surface area contributed by atoms with Crippen LogP contribution in [0.2, 0.25) is 0 Å². The van der Waals surface area contributed by atoms with E-state index in [1.54, 1.807) is 13.8 Å². The third-order valence-corrected chi connectivity index (χ3v) is 5.43. The zero-order chi connectivity index (χ0) is 18.7. The van der Waals surface area contributed by atoms with Crippen LogP contribution in [0.15, 0.2) is 24.3 Å². The predicted octanol–water partition coefficient (Wildman–Crippen LogP) is 3.30. The average molecular weight is 358 g/mol. The summed E-state index contributed by atoms with van der Waals surface area (Å²) < 4.78 is 10.5. The molecule has 1 fully saturated rings. The molecule has 0 heterocycles. The average Bonchev–Trinajstić information content (AvgIpc) is 3.43. The Hall–Kier alpha value is -2.17. The Labute approximate surface area is 154 Å². The van der Waals surface area contributed by atoms with Crippen LogP contribution in [-0.2, 0) is 29.3 Å². The molecule has 5 heteroatoms. The minimum Gasteiger partial charge on any atom is -0.465 e. The first kappa shape index (κ1) is 18.6. The van der Waals surface area contributed by atoms with Gasteiger partial charge in [0.2, 0.25) is 0 Å². The number of ketones is 1. The molecule has 0 bridgehead atoms.